The highest BCUT2D eigenvalue weighted by Gasteiger charge is 2.44. The minimum Gasteiger partial charge on any atom is -0.394 e. The van der Waals surface area contributed by atoms with Gasteiger partial charge in [-0.25, -0.2) is 4.28 Å². The summed E-state index contributed by atoms with van der Waals surface area (Å²) < 4.78 is 39.4. The molecule has 1 aliphatic heterocycles. The third-order valence-corrected chi connectivity index (χ3v) is 5.01. The lowest BCUT2D eigenvalue weighted by Crippen LogP contribution is -2.57. The van der Waals surface area contributed by atoms with Gasteiger partial charge in [-0.1, -0.05) is 43.1 Å². The van der Waals surface area contributed by atoms with E-state index < -0.39 is 46.9 Å². The van der Waals surface area contributed by atoms with E-state index in [0.29, 0.717) is 12.8 Å². The number of thioether (sulfide) groups is 1. The van der Waals surface area contributed by atoms with E-state index in [-0.39, 0.29) is 5.04 Å². The molecule has 0 saturated carbocycles. The Morgan fingerprint density at radius 2 is 1.84 bits per heavy atom. The Balaban J connectivity index is 2.80. The number of hydrogen-bond donors (Lipinski definition) is 5. The molecule has 25 heavy (non-hydrogen) atoms. The summed E-state index contributed by atoms with van der Waals surface area (Å²) in [6.45, 7) is 1.45. The van der Waals surface area contributed by atoms with Crippen molar-refractivity contribution in [3.05, 3.63) is 0 Å². The van der Waals surface area contributed by atoms with Crippen LogP contribution < -0.4 is 0 Å². The second-order valence-electron chi connectivity index (χ2n) is 5.61. The summed E-state index contributed by atoms with van der Waals surface area (Å²) >= 11 is 0.792. The minimum atomic E-state index is -4.78. The van der Waals surface area contributed by atoms with Crippen LogP contribution in [0.5, 0.6) is 0 Å². The predicted octanol–water partition coefficient (Wildman–Crippen LogP) is -0.377. The fourth-order valence-electron chi connectivity index (χ4n) is 2.22. The number of nitrogens with zero attached hydrogens (tertiary/aromatic N) is 1. The van der Waals surface area contributed by atoms with Gasteiger partial charge >= 0.3 is 10.4 Å². The fourth-order valence-corrected chi connectivity index (χ4v) is 3.56. The van der Waals surface area contributed by atoms with Crippen molar-refractivity contribution >= 4 is 27.2 Å². The molecule has 0 aliphatic carbocycles. The van der Waals surface area contributed by atoms with Crippen molar-refractivity contribution in [2.75, 3.05) is 6.61 Å². The lowest BCUT2D eigenvalue weighted by atomic mass is 10.0. The zero-order valence-electron chi connectivity index (χ0n) is 13.8. The molecule has 0 spiro atoms. The summed E-state index contributed by atoms with van der Waals surface area (Å²) in [6, 6.07) is 0. The molecule has 12 heteroatoms. The van der Waals surface area contributed by atoms with Crippen LogP contribution in [0.2, 0.25) is 0 Å². The van der Waals surface area contributed by atoms with Gasteiger partial charge in [-0.3, -0.25) is 4.55 Å². The van der Waals surface area contributed by atoms with Crippen LogP contribution in [0.3, 0.4) is 0 Å². The SMILES string of the molecule is CCCCCCC(=NOS(=O)(=O)O)S[C@@H]1O[C@H](CO)[C@@H](O)[C@H](O)[C@H]1O. The molecule has 5 atom stereocenters. The zero-order chi connectivity index (χ0) is 19.0. The maximum absolute atomic E-state index is 10.7. The van der Waals surface area contributed by atoms with Gasteiger partial charge in [-0.15, -0.1) is 0 Å². The van der Waals surface area contributed by atoms with E-state index >= 15 is 0 Å². The summed E-state index contributed by atoms with van der Waals surface area (Å²) in [6.07, 6.45) is -1.83. The summed E-state index contributed by atoms with van der Waals surface area (Å²) in [5, 5.41) is 42.2. The van der Waals surface area contributed by atoms with Crippen LogP contribution in [0, 0.1) is 0 Å². The highest BCUT2D eigenvalue weighted by Crippen LogP contribution is 2.30. The van der Waals surface area contributed by atoms with Gasteiger partial charge in [-0.2, -0.15) is 8.42 Å². The first-order chi connectivity index (χ1) is 11.7. The summed E-state index contributed by atoms with van der Waals surface area (Å²) in [5.41, 5.74) is -1.11. The van der Waals surface area contributed by atoms with E-state index in [1.54, 1.807) is 0 Å². The van der Waals surface area contributed by atoms with E-state index in [1.165, 1.54) is 0 Å². The maximum Gasteiger partial charge on any atom is 0.466 e. The number of aliphatic hydroxyl groups excluding tert-OH is 4. The molecule has 1 aliphatic rings. The molecular weight excluding hydrogens is 378 g/mol. The second-order valence-corrected chi connectivity index (χ2v) is 7.79. The van der Waals surface area contributed by atoms with Crippen LogP contribution in [0.4, 0.5) is 0 Å². The van der Waals surface area contributed by atoms with E-state index in [1.807, 2.05) is 6.92 Å². The molecule has 0 unspecified atom stereocenters. The Bertz CT molecular complexity index is 526. The maximum atomic E-state index is 10.7. The van der Waals surface area contributed by atoms with Gasteiger partial charge in [0, 0.05) is 0 Å². The smallest absolute Gasteiger partial charge is 0.394 e. The number of unbranched alkanes of at least 4 members (excludes halogenated alkanes) is 3. The first-order valence-electron chi connectivity index (χ1n) is 7.89. The number of aliphatic hydroxyl groups is 4. The van der Waals surface area contributed by atoms with Crippen molar-refractivity contribution in [1.29, 1.82) is 0 Å². The standard InChI is InChI=1S/C13H25NO9S2/c1-2-3-4-5-6-9(14-23-25(19,20)21)24-13-12(18)11(17)10(16)8(7-15)22-13/h8,10-13,15-18H,2-7H2,1H3,(H,19,20,21)/t8-,10-,11+,12-,13+/m1/s1. The third kappa shape index (κ3) is 7.74. The highest BCUT2D eigenvalue weighted by molar-refractivity contribution is 8.14. The molecule has 0 aromatic rings. The normalized spacial score (nSPS) is 31.1. The lowest BCUT2D eigenvalue weighted by Gasteiger charge is -2.39. The minimum absolute atomic E-state index is 0.123. The van der Waals surface area contributed by atoms with Crippen molar-refractivity contribution in [3.63, 3.8) is 0 Å². The van der Waals surface area contributed by atoms with Crippen LogP contribution in [0.1, 0.15) is 39.0 Å². The third-order valence-electron chi connectivity index (χ3n) is 3.58. The summed E-state index contributed by atoms with van der Waals surface area (Å²) in [4.78, 5) is 0. The molecule has 0 radical (unpaired) electrons. The summed E-state index contributed by atoms with van der Waals surface area (Å²) in [7, 11) is -4.78. The van der Waals surface area contributed by atoms with Crippen molar-refractivity contribution < 1.29 is 42.4 Å². The quantitative estimate of drug-likeness (QED) is 0.113. The number of oxime groups is 1. The van der Waals surface area contributed by atoms with E-state index in [4.69, 9.17) is 9.29 Å². The van der Waals surface area contributed by atoms with Gasteiger partial charge in [0.15, 0.2) is 0 Å². The second kappa shape index (κ2) is 10.6. The van der Waals surface area contributed by atoms with Gasteiger partial charge in [0.2, 0.25) is 0 Å². The Labute approximate surface area is 150 Å². The Kier molecular flexibility index (Phi) is 9.59. The fraction of sp³-hybridized carbons (Fsp3) is 0.923. The van der Waals surface area contributed by atoms with E-state index in [0.717, 1.165) is 31.0 Å². The Morgan fingerprint density at radius 1 is 1.16 bits per heavy atom. The van der Waals surface area contributed by atoms with Crippen molar-refractivity contribution in [1.82, 2.24) is 0 Å². The van der Waals surface area contributed by atoms with Crippen molar-refractivity contribution in [2.45, 2.75) is 68.9 Å². The van der Waals surface area contributed by atoms with Gasteiger partial charge < -0.3 is 25.2 Å². The first kappa shape index (κ1) is 22.6. The number of rotatable bonds is 9. The molecule has 5 N–H and O–H groups in total. The van der Waals surface area contributed by atoms with Crippen molar-refractivity contribution in [2.24, 2.45) is 5.16 Å². The first-order valence-corrected chi connectivity index (χ1v) is 10.1. The van der Waals surface area contributed by atoms with Gasteiger partial charge in [0.05, 0.1) is 6.61 Å². The lowest BCUT2D eigenvalue weighted by molar-refractivity contribution is -0.205. The van der Waals surface area contributed by atoms with Crippen LogP contribution in [-0.4, -0.2) is 74.9 Å². The topological polar surface area (TPSA) is 166 Å². The monoisotopic (exact) mass is 403 g/mol. The van der Waals surface area contributed by atoms with Crippen LogP contribution in [0.15, 0.2) is 5.16 Å². The molecule has 0 aromatic carbocycles. The number of hydrogen-bond acceptors (Lipinski definition) is 10. The molecule has 0 amide bonds. The largest absolute Gasteiger partial charge is 0.466 e. The number of ether oxygens (including phenoxy) is 1. The molecule has 10 nitrogen and oxygen atoms in total. The molecule has 1 rings (SSSR count). The average molecular weight is 403 g/mol. The van der Waals surface area contributed by atoms with Crippen LogP contribution in [0.25, 0.3) is 0 Å². The van der Waals surface area contributed by atoms with E-state index in [9.17, 15) is 28.8 Å². The van der Waals surface area contributed by atoms with Gasteiger partial charge in [-0.05, 0) is 12.8 Å². The van der Waals surface area contributed by atoms with Crippen LogP contribution in [-0.2, 0) is 19.4 Å². The highest BCUT2D eigenvalue weighted by atomic mass is 32.3. The Hall–Kier alpha value is -0.470. The molecule has 0 bridgehead atoms. The Morgan fingerprint density at radius 3 is 2.40 bits per heavy atom. The average Bonchev–Trinajstić information content (AvgIpc) is 2.55. The molecule has 1 fully saturated rings. The van der Waals surface area contributed by atoms with Crippen molar-refractivity contribution in [3.8, 4) is 0 Å². The van der Waals surface area contributed by atoms with Gasteiger partial charge in [0.1, 0.15) is 34.9 Å². The summed E-state index contributed by atoms with van der Waals surface area (Å²) in [5.74, 6) is 0. The van der Waals surface area contributed by atoms with E-state index in [2.05, 4.69) is 9.44 Å². The predicted molar refractivity (Wildman–Crippen MR) is 90.2 cm³/mol. The van der Waals surface area contributed by atoms with Gasteiger partial charge in [0.25, 0.3) is 0 Å². The molecule has 1 saturated heterocycles. The van der Waals surface area contributed by atoms with Crippen LogP contribution >= 0.6 is 11.8 Å². The molecule has 148 valence electrons. The molecule has 1 heterocycles. The zero-order valence-corrected chi connectivity index (χ0v) is 15.4. The molecular formula is C13H25NO9S2. The molecule has 0 aromatic heterocycles.